The molecule has 1 aromatic carbocycles. The minimum absolute atomic E-state index is 0.152. The molecule has 0 aromatic heterocycles. The van der Waals surface area contributed by atoms with Crippen molar-refractivity contribution in [3.05, 3.63) is 76.9 Å². The quantitative estimate of drug-likeness (QED) is 0.473. The molecule has 0 saturated heterocycles. The number of hydrogen-bond donors (Lipinski definition) is 1. The van der Waals surface area contributed by atoms with Crippen LogP contribution in [0.25, 0.3) is 5.70 Å². The maximum atomic E-state index is 5.78. The summed E-state index contributed by atoms with van der Waals surface area (Å²) < 4.78 is 0. The molecule has 0 saturated carbocycles. The van der Waals surface area contributed by atoms with Gasteiger partial charge in [0.15, 0.2) is 0 Å². The highest BCUT2D eigenvalue weighted by molar-refractivity contribution is 5.89. The van der Waals surface area contributed by atoms with Gasteiger partial charge in [-0.1, -0.05) is 60.2 Å². The first-order chi connectivity index (χ1) is 10.9. The van der Waals surface area contributed by atoms with E-state index in [4.69, 9.17) is 5.73 Å². The van der Waals surface area contributed by atoms with Crippen molar-refractivity contribution in [1.82, 2.24) is 0 Å². The number of benzene rings is 1. The Bertz CT molecular complexity index is 699. The van der Waals surface area contributed by atoms with Gasteiger partial charge in [-0.25, -0.2) is 9.98 Å². The van der Waals surface area contributed by atoms with Gasteiger partial charge in [-0.05, 0) is 45.6 Å². The number of aryl methyl sites for hydroxylation is 1. The maximum absolute atomic E-state index is 5.78. The number of rotatable bonds is 5. The monoisotopic (exact) mass is 307 g/mol. The van der Waals surface area contributed by atoms with E-state index in [-0.39, 0.29) is 5.96 Å². The van der Waals surface area contributed by atoms with Crippen LogP contribution in [0, 0.1) is 6.92 Å². The fourth-order valence-corrected chi connectivity index (χ4v) is 2.03. The number of aliphatic imine (C=N–C) groups is 2. The van der Waals surface area contributed by atoms with E-state index in [0.29, 0.717) is 0 Å². The third-order valence-electron chi connectivity index (χ3n) is 3.36. The average Bonchev–Trinajstić information content (AvgIpc) is 2.53. The first kappa shape index (κ1) is 18.4. The largest absolute Gasteiger partial charge is 0.368 e. The van der Waals surface area contributed by atoms with Gasteiger partial charge in [0, 0.05) is 5.56 Å². The number of hydrogen-bond acceptors (Lipinski definition) is 1. The highest BCUT2D eigenvalue weighted by Gasteiger charge is 2.08. The van der Waals surface area contributed by atoms with Gasteiger partial charge in [-0.3, -0.25) is 0 Å². The van der Waals surface area contributed by atoms with Crippen LogP contribution in [0.1, 0.15) is 31.9 Å². The van der Waals surface area contributed by atoms with Gasteiger partial charge < -0.3 is 5.73 Å². The smallest absolute Gasteiger partial charge is 0.219 e. The van der Waals surface area contributed by atoms with Crippen LogP contribution in [0.15, 0.2) is 75.8 Å². The van der Waals surface area contributed by atoms with Crippen LogP contribution < -0.4 is 5.73 Å². The SMILES string of the molecule is C=NC(N)=N/C(=C(C)/C(/C=C\C(=C)C)=C/C)c1ccc(C)cc1. The third-order valence-corrected chi connectivity index (χ3v) is 3.36. The zero-order chi connectivity index (χ0) is 17.4. The lowest BCUT2D eigenvalue weighted by molar-refractivity contribution is 1.32. The van der Waals surface area contributed by atoms with Crippen molar-refractivity contribution in [2.24, 2.45) is 15.7 Å². The second kappa shape index (κ2) is 8.69. The molecule has 0 bridgehead atoms. The summed E-state index contributed by atoms with van der Waals surface area (Å²) >= 11 is 0. The highest BCUT2D eigenvalue weighted by atomic mass is 15.0. The predicted molar refractivity (Wildman–Crippen MR) is 103 cm³/mol. The summed E-state index contributed by atoms with van der Waals surface area (Å²) in [5, 5.41) is 0. The molecule has 0 aliphatic heterocycles. The fraction of sp³-hybridized carbons (Fsp3) is 0.200. The molecule has 120 valence electrons. The first-order valence-electron chi connectivity index (χ1n) is 7.48. The lowest BCUT2D eigenvalue weighted by Crippen LogP contribution is -2.08. The molecule has 0 spiro atoms. The number of nitrogens with two attached hydrogens (primary N) is 1. The Hall–Kier alpha value is -2.68. The first-order valence-corrected chi connectivity index (χ1v) is 7.48. The van der Waals surface area contributed by atoms with E-state index in [1.807, 2.05) is 51.1 Å². The minimum atomic E-state index is 0.152. The average molecular weight is 307 g/mol. The summed E-state index contributed by atoms with van der Waals surface area (Å²) in [6, 6.07) is 8.16. The Morgan fingerprint density at radius 3 is 2.22 bits per heavy atom. The van der Waals surface area contributed by atoms with Gasteiger partial charge in [0.2, 0.25) is 5.96 Å². The summed E-state index contributed by atoms with van der Waals surface area (Å²) in [6.07, 6.45) is 6.04. The second-order valence-corrected chi connectivity index (χ2v) is 5.39. The van der Waals surface area contributed by atoms with Crippen LogP contribution in [-0.4, -0.2) is 12.7 Å². The van der Waals surface area contributed by atoms with Gasteiger partial charge in [-0.15, -0.1) is 0 Å². The van der Waals surface area contributed by atoms with Crippen molar-refractivity contribution in [3.8, 4) is 0 Å². The second-order valence-electron chi connectivity index (χ2n) is 5.39. The van der Waals surface area contributed by atoms with E-state index in [1.165, 1.54) is 5.56 Å². The minimum Gasteiger partial charge on any atom is -0.368 e. The molecule has 1 aromatic rings. The van der Waals surface area contributed by atoms with Gasteiger partial charge in [0.05, 0.1) is 5.70 Å². The van der Waals surface area contributed by atoms with Crippen LogP contribution in [0.5, 0.6) is 0 Å². The molecule has 3 nitrogen and oxygen atoms in total. The topological polar surface area (TPSA) is 50.7 Å². The predicted octanol–water partition coefficient (Wildman–Crippen LogP) is 4.82. The van der Waals surface area contributed by atoms with Crippen molar-refractivity contribution < 1.29 is 0 Å². The molecule has 0 atom stereocenters. The molecule has 1 rings (SSSR count). The molecule has 23 heavy (non-hydrogen) atoms. The van der Waals surface area contributed by atoms with Gasteiger partial charge >= 0.3 is 0 Å². The lowest BCUT2D eigenvalue weighted by Gasteiger charge is -2.11. The normalized spacial score (nSPS) is 13.9. The van der Waals surface area contributed by atoms with Crippen molar-refractivity contribution in [3.63, 3.8) is 0 Å². The summed E-state index contributed by atoms with van der Waals surface area (Å²) in [7, 11) is 0. The Kier molecular flexibility index (Phi) is 6.94. The molecular formula is C20H25N3. The summed E-state index contributed by atoms with van der Waals surface area (Å²) in [5.41, 5.74) is 11.8. The number of allylic oxidation sites excluding steroid dienone is 6. The number of nitrogens with zero attached hydrogens (tertiary/aromatic N) is 2. The Labute approximate surface area is 139 Å². The van der Waals surface area contributed by atoms with Crippen molar-refractivity contribution in [2.45, 2.75) is 27.7 Å². The van der Waals surface area contributed by atoms with E-state index < -0.39 is 0 Å². The van der Waals surface area contributed by atoms with Gasteiger partial charge in [0.25, 0.3) is 0 Å². The molecule has 2 N–H and O–H groups in total. The molecule has 0 aliphatic carbocycles. The van der Waals surface area contributed by atoms with Crippen LogP contribution in [0.2, 0.25) is 0 Å². The zero-order valence-corrected chi connectivity index (χ0v) is 14.4. The van der Waals surface area contributed by atoms with E-state index >= 15 is 0 Å². The van der Waals surface area contributed by atoms with Crippen LogP contribution in [-0.2, 0) is 0 Å². The maximum Gasteiger partial charge on any atom is 0.219 e. The lowest BCUT2D eigenvalue weighted by atomic mass is 9.99. The van der Waals surface area contributed by atoms with E-state index in [9.17, 15) is 0 Å². The number of guanidine groups is 1. The van der Waals surface area contributed by atoms with Crippen molar-refractivity contribution in [2.75, 3.05) is 0 Å². The molecule has 3 heteroatoms. The molecule has 0 radical (unpaired) electrons. The molecular weight excluding hydrogens is 282 g/mol. The summed E-state index contributed by atoms with van der Waals surface area (Å²) in [6.45, 7) is 15.4. The molecule has 0 aliphatic rings. The van der Waals surface area contributed by atoms with Crippen LogP contribution in [0.3, 0.4) is 0 Å². The Balaban J connectivity index is 3.50. The summed E-state index contributed by atoms with van der Waals surface area (Å²) in [4.78, 5) is 8.14. The van der Waals surface area contributed by atoms with Gasteiger partial charge in [0.1, 0.15) is 0 Å². The van der Waals surface area contributed by atoms with E-state index in [0.717, 1.165) is 28.0 Å². The van der Waals surface area contributed by atoms with Crippen molar-refractivity contribution in [1.29, 1.82) is 0 Å². The molecule has 0 amide bonds. The zero-order valence-electron chi connectivity index (χ0n) is 14.4. The third kappa shape index (κ3) is 5.55. The van der Waals surface area contributed by atoms with Gasteiger partial charge in [-0.2, -0.15) is 0 Å². The molecule has 0 unspecified atom stereocenters. The van der Waals surface area contributed by atoms with Crippen molar-refractivity contribution >= 4 is 18.4 Å². The summed E-state index contributed by atoms with van der Waals surface area (Å²) in [5.74, 6) is 0.152. The van der Waals surface area contributed by atoms with Crippen LogP contribution >= 0.6 is 0 Å². The van der Waals surface area contributed by atoms with E-state index in [2.05, 4.69) is 42.3 Å². The Morgan fingerprint density at radius 2 is 1.74 bits per heavy atom. The molecule has 0 heterocycles. The van der Waals surface area contributed by atoms with Crippen LogP contribution in [0.4, 0.5) is 0 Å². The fourth-order valence-electron chi connectivity index (χ4n) is 2.03. The van der Waals surface area contributed by atoms with E-state index in [1.54, 1.807) is 0 Å². The highest BCUT2D eigenvalue weighted by Crippen LogP contribution is 2.26. The molecule has 0 fully saturated rings. The Morgan fingerprint density at radius 1 is 1.13 bits per heavy atom. The standard InChI is InChI=1S/C20H25N3/c1-7-17(11-8-14(2)3)16(5)19(23-20(21)22-6)18-12-9-15(4)10-13-18/h7-13H,2,6H2,1,3-5H3,(H2,21,23)/b11-8-,17-7+,19-16+.